The topological polar surface area (TPSA) is 21.3 Å². The van der Waals surface area contributed by atoms with Gasteiger partial charge < -0.3 is 4.74 Å². The molecule has 9 heavy (non-hydrogen) atoms. The van der Waals surface area contributed by atoms with Crippen molar-refractivity contribution in [3.05, 3.63) is 0 Å². The molecule has 0 aromatic carbocycles. The lowest BCUT2D eigenvalue weighted by Gasteiger charge is -2.05. The summed E-state index contributed by atoms with van der Waals surface area (Å²) in [4.78, 5) is 0. The molecule has 0 saturated carbocycles. The van der Waals surface area contributed by atoms with Crippen LogP contribution in [-0.2, 0) is 4.74 Å². The van der Waals surface area contributed by atoms with Crippen molar-refractivity contribution in [3.8, 4) is 0 Å². The first kappa shape index (κ1) is 7.38. The number of rotatable bonds is 3. The molecule has 54 valence electrons. The molecule has 1 fully saturated rings. The average molecular weight is 147 g/mol. The highest BCUT2D eigenvalue weighted by Crippen LogP contribution is 2.10. The second-order valence-corrected chi connectivity index (χ2v) is 2.98. The fourth-order valence-corrected chi connectivity index (χ4v) is 1.35. The number of hydrogen-bond acceptors (Lipinski definition) is 3. The first-order chi connectivity index (χ1) is 4.43. The van der Waals surface area contributed by atoms with Crippen LogP contribution in [0.3, 0.4) is 0 Å². The highest BCUT2D eigenvalue weighted by Gasteiger charge is 2.13. The van der Waals surface area contributed by atoms with E-state index in [1.807, 2.05) is 0 Å². The molecule has 2 nitrogen and oxygen atoms in total. The van der Waals surface area contributed by atoms with E-state index in [0.717, 1.165) is 25.7 Å². The van der Waals surface area contributed by atoms with Gasteiger partial charge in [-0.15, -0.1) is 0 Å². The molecule has 1 heterocycles. The smallest absolute Gasteiger partial charge is 0.0507 e. The fraction of sp³-hybridized carbons (Fsp3) is 1.00. The Balaban J connectivity index is 1.98. The predicted octanol–water partition coefficient (Wildman–Crippen LogP) is 0.890. The van der Waals surface area contributed by atoms with E-state index in [1.54, 1.807) is 11.9 Å². The Kier molecular flexibility index (Phi) is 3.40. The summed E-state index contributed by atoms with van der Waals surface area (Å²) in [6, 6.07) is 0. The summed E-state index contributed by atoms with van der Waals surface area (Å²) < 4.78 is 8.43. The maximum atomic E-state index is 5.20. The highest BCUT2D eigenvalue weighted by atomic mass is 32.2. The number of hydrogen-bond donors (Lipinski definition) is 1. The normalized spacial score (nSPS) is 27.0. The minimum Gasteiger partial charge on any atom is -0.381 e. The Bertz CT molecular complexity index is 73.5. The van der Waals surface area contributed by atoms with Crippen molar-refractivity contribution in [2.75, 3.05) is 26.0 Å². The maximum Gasteiger partial charge on any atom is 0.0507 e. The van der Waals surface area contributed by atoms with Crippen molar-refractivity contribution in [2.24, 2.45) is 5.92 Å². The predicted molar refractivity (Wildman–Crippen MR) is 40.4 cm³/mol. The lowest BCUT2D eigenvalue weighted by atomic mass is 10.1. The van der Waals surface area contributed by atoms with Gasteiger partial charge in [0.15, 0.2) is 0 Å². The summed E-state index contributed by atoms with van der Waals surface area (Å²) in [5.74, 6) is 0.762. The Morgan fingerprint density at radius 2 is 2.67 bits per heavy atom. The Morgan fingerprint density at radius 1 is 1.78 bits per heavy atom. The molecule has 0 radical (unpaired) electrons. The van der Waals surface area contributed by atoms with Gasteiger partial charge in [-0.05, 0) is 18.6 Å². The van der Waals surface area contributed by atoms with Crippen molar-refractivity contribution in [2.45, 2.75) is 6.42 Å². The maximum absolute atomic E-state index is 5.20. The third-order valence-corrected chi connectivity index (χ3v) is 2.00. The molecule has 1 N–H and O–H groups in total. The van der Waals surface area contributed by atoms with Gasteiger partial charge >= 0.3 is 0 Å². The minimum atomic E-state index is 0.762. The SMILES string of the molecule is CSNCC1CCOC1. The molecular weight excluding hydrogens is 134 g/mol. The molecule has 0 bridgehead atoms. The minimum absolute atomic E-state index is 0.762. The molecule has 1 atom stereocenters. The second kappa shape index (κ2) is 4.14. The van der Waals surface area contributed by atoms with Gasteiger partial charge in [0.05, 0.1) is 6.61 Å². The van der Waals surface area contributed by atoms with Crippen molar-refractivity contribution in [1.82, 2.24) is 4.72 Å². The lowest BCUT2D eigenvalue weighted by molar-refractivity contribution is 0.186. The highest BCUT2D eigenvalue weighted by molar-refractivity contribution is 7.96. The van der Waals surface area contributed by atoms with Gasteiger partial charge in [-0.25, -0.2) is 0 Å². The molecular formula is C6H13NOS. The Labute approximate surface area is 60.5 Å². The van der Waals surface area contributed by atoms with E-state index in [2.05, 4.69) is 11.0 Å². The summed E-state index contributed by atoms with van der Waals surface area (Å²) in [6.07, 6.45) is 3.28. The van der Waals surface area contributed by atoms with Crippen LogP contribution in [0.2, 0.25) is 0 Å². The van der Waals surface area contributed by atoms with Gasteiger partial charge in [0, 0.05) is 13.2 Å². The molecule has 1 aliphatic heterocycles. The summed E-state index contributed by atoms with van der Waals surface area (Å²) in [5.41, 5.74) is 0. The van der Waals surface area contributed by atoms with E-state index in [9.17, 15) is 0 Å². The van der Waals surface area contributed by atoms with Gasteiger partial charge in [-0.1, -0.05) is 11.9 Å². The summed E-state index contributed by atoms with van der Waals surface area (Å²) >= 11 is 1.68. The van der Waals surface area contributed by atoms with E-state index < -0.39 is 0 Å². The van der Waals surface area contributed by atoms with E-state index in [-0.39, 0.29) is 0 Å². The fourth-order valence-electron chi connectivity index (χ4n) is 0.946. The third-order valence-electron chi connectivity index (χ3n) is 1.54. The van der Waals surface area contributed by atoms with Crippen molar-refractivity contribution in [3.63, 3.8) is 0 Å². The number of nitrogens with one attached hydrogen (secondary N) is 1. The molecule has 1 unspecified atom stereocenters. The van der Waals surface area contributed by atoms with Gasteiger partial charge in [0.1, 0.15) is 0 Å². The molecule has 0 aromatic heterocycles. The molecule has 0 amide bonds. The largest absolute Gasteiger partial charge is 0.381 e. The second-order valence-electron chi connectivity index (χ2n) is 2.28. The first-order valence-corrected chi connectivity index (χ1v) is 4.49. The van der Waals surface area contributed by atoms with Crippen molar-refractivity contribution < 1.29 is 4.74 Å². The molecule has 1 aliphatic rings. The zero-order chi connectivity index (χ0) is 6.53. The van der Waals surface area contributed by atoms with Gasteiger partial charge in [0.25, 0.3) is 0 Å². The summed E-state index contributed by atoms with van der Waals surface area (Å²) in [5, 5.41) is 0. The monoisotopic (exact) mass is 147 g/mol. The molecule has 3 heteroatoms. The molecule has 0 aromatic rings. The van der Waals surface area contributed by atoms with E-state index >= 15 is 0 Å². The van der Waals surface area contributed by atoms with Crippen molar-refractivity contribution >= 4 is 11.9 Å². The molecule has 0 aliphatic carbocycles. The first-order valence-electron chi connectivity index (χ1n) is 3.27. The van der Waals surface area contributed by atoms with Gasteiger partial charge in [0.2, 0.25) is 0 Å². The third kappa shape index (κ3) is 2.56. The van der Waals surface area contributed by atoms with E-state index in [1.165, 1.54) is 6.42 Å². The van der Waals surface area contributed by atoms with Crippen molar-refractivity contribution in [1.29, 1.82) is 0 Å². The van der Waals surface area contributed by atoms with Gasteiger partial charge in [-0.2, -0.15) is 0 Å². The standard InChI is InChI=1S/C6H13NOS/c1-9-7-4-6-2-3-8-5-6/h6-7H,2-5H2,1H3. The number of ether oxygens (including phenoxy) is 1. The van der Waals surface area contributed by atoms with E-state index in [0.29, 0.717) is 0 Å². The lowest BCUT2D eigenvalue weighted by Crippen LogP contribution is -2.16. The molecule has 0 spiro atoms. The molecule has 1 saturated heterocycles. The average Bonchev–Trinajstić information content (AvgIpc) is 2.34. The van der Waals surface area contributed by atoms with Crippen LogP contribution in [0, 0.1) is 5.92 Å². The zero-order valence-corrected chi connectivity index (χ0v) is 6.54. The quantitative estimate of drug-likeness (QED) is 0.599. The van der Waals surface area contributed by atoms with Crippen LogP contribution in [0.1, 0.15) is 6.42 Å². The van der Waals surface area contributed by atoms with Crippen LogP contribution < -0.4 is 4.72 Å². The zero-order valence-electron chi connectivity index (χ0n) is 5.72. The van der Waals surface area contributed by atoms with Crippen LogP contribution in [0.25, 0.3) is 0 Å². The summed E-state index contributed by atoms with van der Waals surface area (Å²) in [6.45, 7) is 3.01. The Hall–Kier alpha value is 0.270. The van der Waals surface area contributed by atoms with E-state index in [4.69, 9.17) is 4.74 Å². The van der Waals surface area contributed by atoms with Crippen LogP contribution in [-0.4, -0.2) is 26.0 Å². The molecule has 1 rings (SSSR count). The van der Waals surface area contributed by atoms with Crippen LogP contribution in [0.5, 0.6) is 0 Å². The summed E-state index contributed by atoms with van der Waals surface area (Å²) in [7, 11) is 0. The Morgan fingerprint density at radius 3 is 3.22 bits per heavy atom. The van der Waals surface area contributed by atoms with Crippen LogP contribution in [0.15, 0.2) is 0 Å². The van der Waals surface area contributed by atoms with Crippen LogP contribution >= 0.6 is 11.9 Å². The van der Waals surface area contributed by atoms with Gasteiger partial charge in [-0.3, -0.25) is 4.72 Å². The van der Waals surface area contributed by atoms with Crippen LogP contribution in [0.4, 0.5) is 0 Å².